The van der Waals surface area contributed by atoms with E-state index in [-0.39, 0.29) is 18.7 Å². The minimum atomic E-state index is -4.11. The zero-order valence-electron chi connectivity index (χ0n) is 14.9. The van der Waals surface area contributed by atoms with Crippen LogP contribution in [0.3, 0.4) is 0 Å². The van der Waals surface area contributed by atoms with Crippen molar-refractivity contribution in [2.24, 2.45) is 11.0 Å². The fourth-order valence-electron chi connectivity index (χ4n) is 3.07. The number of hydrogen-bond donors (Lipinski definition) is 1. The Kier molecular flexibility index (Phi) is 6.24. The molecule has 4 nitrogen and oxygen atoms in total. The number of hydrogen-bond acceptors (Lipinski definition) is 3. The molecule has 3 rings (SSSR count). The lowest BCUT2D eigenvalue weighted by Gasteiger charge is -2.34. The summed E-state index contributed by atoms with van der Waals surface area (Å²) >= 11 is 5.78. The Labute approximate surface area is 166 Å². The van der Waals surface area contributed by atoms with Crippen LogP contribution in [-0.2, 0) is 0 Å². The Morgan fingerprint density at radius 1 is 1.07 bits per heavy atom. The Hall–Kier alpha value is -2.54. The second-order valence-corrected chi connectivity index (χ2v) is 7.04. The zero-order chi connectivity index (χ0) is 20.1. The molecule has 148 valence electrons. The molecule has 28 heavy (non-hydrogen) atoms. The molecule has 0 unspecified atom stereocenters. The number of rotatable bonds is 4. The third-order valence-corrected chi connectivity index (χ3v) is 4.95. The highest BCUT2D eigenvalue weighted by molar-refractivity contribution is 6.30. The number of nitrogens with zero attached hydrogens (tertiary/aromatic N) is 2. The van der Waals surface area contributed by atoms with E-state index >= 15 is 0 Å². The lowest BCUT2D eigenvalue weighted by atomic mass is 9.96. The standard InChI is InChI=1S/C20H19ClF3N3O/c21-17-5-3-15(4-6-17)19(28)26-25-13-14-1-7-18(8-2-14)27-11-9-16(10-12-27)20(22,23)24/h1-8,13,16H,9-12H2,(H,26,28)/b25-13+. The number of amides is 1. The van der Waals surface area contributed by atoms with Crippen LogP contribution in [0.15, 0.2) is 53.6 Å². The summed E-state index contributed by atoms with van der Waals surface area (Å²) in [6.45, 7) is 0.767. The highest BCUT2D eigenvalue weighted by Gasteiger charge is 2.41. The summed E-state index contributed by atoms with van der Waals surface area (Å²) in [5.74, 6) is -1.56. The molecule has 1 saturated heterocycles. The van der Waals surface area contributed by atoms with Crippen LogP contribution < -0.4 is 10.3 Å². The van der Waals surface area contributed by atoms with Crippen LogP contribution in [0, 0.1) is 5.92 Å². The van der Waals surface area contributed by atoms with Gasteiger partial charge in [0.1, 0.15) is 0 Å². The molecule has 0 saturated carbocycles. The van der Waals surface area contributed by atoms with Crippen molar-refractivity contribution in [2.75, 3.05) is 18.0 Å². The van der Waals surface area contributed by atoms with Crippen LogP contribution in [0.4, 0.5) is 18.9 Å². The highest BCUT2D eigenvalue weighted by atomic mass is 35.5. The number of benzene rings is 2. The van der Waals surface area contributed by atoms with E-state index in [0.717, 1.165) is 11.3 Å². The average Bonchev–Trinajstić information content (AvgIpc) is 2.68. The third kappa shape index (κ3) is 5.25. The molecule has 0 spiro atoms. The maximum Gasteiger partial charge on any atom is 0.391 e. The molecule has 0 atom stereocenters. The van der Waals surface area contributed by atoms with Gasteiger partial charge in [0.2, 0.25) is 0 Å². The van der Waals surface area contributed by atoms with Gasteiger partial charge in [-0.05, 0) is 54.8 Å². The fourth-order valence-corrected chi connectivity index (χ4v) is 3.19. The topological polar surface area (TPSA) is 44.7 Å². The number of anilines is 1. The summed E-state index contributed by atoms with van der Waals surface area (Å²) in [5, 5.41) is 4.47. The van der Waals surface area contributed by atoms with E-state index in [1.54, 1.807) is 24.3 Å². The number of carbonyl (C=O) groups excluding carboxylic acids is 1. The predicted octanol–water partition coefficient (Wildman–Crippen LogP) is 4.88. The van der Waals surface area contributed by atoms with E-state index < -0.39 is 12.1 Å². The van der Waals surface area contributed by atoms with Crippen molar-refractivity contribution in [3.05, 3.63) is 64.7 Å². The van der Waals surface area contributed by atoms with E-state index in [4.69, 9.17) is 11.6 Å². The van der Waals surface area contributed by atoms with Gasteiger partial charge in [0.25, 0.3) is 5.91 Å². The van der Waals surface area contributed by atoms with Crippen LogP contribution >= 0.6 is 11.6 Å². The van der Waals surface area contributed by atoms with Gasteiger partial charge in [-0.2, -0.15) is 18.3 Å². The Morgan fingerprint density at radius 3 is 2.25 bits per heavy atom. The average molecular weight is 410 g/mol. The molecule has 1 N–H and O–H groups in total. The maximum absolute atomic E-state index is 12.8. The number of carbonyl (C=O) groups is 1. The lowest BCUT2D eigenvalue weighted by molar-refractivity contribution is -0.179. The van der Waals surface area contributed by atoms with E-state index in [1.165, 1.54) is 6.21 Å². The molecule has 1 aliphatic rings. The van der Waals surface area contributed by atoms with Gasteiger partial charge in [-0.3, -0.25) is 4.79 Å². The van der Waals surface area contributed by atoms with Gasteiger partial charge in [-0.25, -0.2) is 5.43 Å². The maximum atomic E-state index is 12.8. The van der Waals surface area contributed by atoms with Gasteiger partial charge in [0, 0.05) is 29.4 Å². The van der Waals surface area contributed by atoms with Crippen molar-refractivity contribution in [1.29, 1.82) is 0 Å². The molecule has 1 fully saturated rings. The molecule has 1 amide bonds. The van der Waals surface area contributed by atoms with Crippen molar-refractivity contribution in [2.45, 2.75) is 19.0 Å². The Morgan fingerprint density at radius 2 is 1.68 bits per heavy atom. The second kappa shape index (κ2) is 8.65. The summed E-state index contributed by atoms with van der Waals surface area (Å²) in [6.07, 6.45) is -2.37. The first kappa shape index (κ1) is 20.2. The molecule has 8 heteroatoms. The molecule has 0 radical (unpaired) electrons. The van der Waals surface area contributed by atoms with Crippen LogP contribution in [0.1, 0.15) is 28.8 Å². The highest BCUT2D eigenvalue weighted by Crippen LogP contribution is 2.35. The fraction of sp³-hybridized carbons (Fsp3) is 0.300. The van der Waals surface area contributed by atoms with E-state index in [1.807, 2.05) is 29.2 Å². The smallest absolute Gasteiger partial charge is 0.372 e. The SMILES string of the molecule is O=C(N/N=C/c1ccc(N2CCC(C(F)(F)F)CC2)cc1)c1ccc(Cl)cc1. The summed E-state index contributed by atoms with van der Waals surface area (Å²) in [5.41, 5.74) is 4.52. The van der Waals surface area contributed by atoms with Gasteiger partial charge in [0.15, 0.2) is 0 Å². The number of alkyl halides is 3. The Balaban J connectivity index is 1.52. The number of halogens is 4. The second-order valence-electron chi connectivity index (χ2n) is 6.60. The Bertz CT molecular complexity index is 827. The van der Waals surface area contributed by atoms with E-state index in [0.29, 0.717) is 23.7 Å². The first-order chi connectivity index (χ1) is 13.3. The summed E-state index contributed by atoms with van der Waals surface area (Å²) in [7, 11) is 0. The molecule has 1 heterocycles. The van der Waals surface area contributed by atoms with E-state index in [2.05, 4.69) is 10.5 Å². The molecule has 0 bridgehead atoms. The summed E-state index contributed by atoms with van der Waals surface area (Å²) in [6, 6.07) is 13.7. The number of nitrogens with one attached hydrogen (secondary N) is 1. The third-order valence-electron chi connectivity index (χ3n) is 4.70. The summed E-state index contributed by atoms with van der Waals surface area (Å²) in [4.78, 5) is 13.9. The van der Waals surface area contributed by atoms with Gasteiger partial charge in [-0.15, -0.1) is 0 Å². The van der Waals surface area contributed by atoms with Gasteiger partial charge < -0.3 is 4.90 Å². The number of piperidine rings is 1. The van der Waals surface area contributed by atoms with Gasteiger partial charge >= 0.3 is 6.18 Å². The largest absolute Gasteiger partial charge is 0.391 e. The molecule has 1 aliphatic heterocycles. The predicted molar refractivity (Wildman–Crippen MR) is 104 cm³/mol. The normalized spacial score (nSPS) is 15.8. The lowest BCUT2D eigenvalue weighted by Crippen LogP contribution is -2.38. The minimum Gasteiger partial charge on any atom is -0.372 e. The quantitative estimate of drug-likeness (QED) is 0.577. The van der Waals surface area contributed by atoms with Crippen molar-refractivity contribution >= 4 is 29.4 Å². The molecule has 2 aromatic carbocycles. The van der Waals surface area contributed by atoms with E-state index in [9.17, 15) is 18.0 Å². The number of hydrazone groups is 1. The molecule has 0 aliphatic carbocycles. The van der Waals surface area contributed by atoms with Crippen LogP contribution in [-0.4, -0.2) is 31.4 Å². The minimum absolute atomic E-state index is 0.115. The van der Waals surface area contributed by atoms with Gasteiger partial charge in [0.05, 0.1) is 12.1 Å². The molecular weight excluding hydrogens is 391 g/mol. The monoisotopic (exact) mass is 409 g/mol. The summed E-state index contributed by atoms with van der Waals surface area (Å²) < 4.78 is 38.3. The zero-order valence-corrected chi connectivity index (χ0v) is 15.7. The first-order valence-corrected chi connectivity index (χ1v) is 9.21. The van der Waals surface area contributed by atoms with Crippen LogP contribution in [0.25, 0.3) is 0 Å². The van der Waals surface area contributed by atoms with Crippen molar-refractivity contribution in [1.82, 2.24) is 5.43 Å². The molecule has 2 aromatic rings. The van der Waals surface area contributed by atoms with Crippen molar-refractivity contribution in [3.63, 3.8) is 0 Å². The van der Waals surface area contributed by atoms with Crippen LogP contribution in [0.2, 0.25) is 5.02 Å². The molecule has 0 aromatic heterocycles. The van der Waals surface area contributed by atoms with Gasteiger partial charge in [-0.1, -0.05) is 23.7 Å². The van der Waals surface area contributed by atoms with Crippen molar-refractivity contribution < 1.29 is 18.0 Å². The van der Waals surface area contributed by atoms with Crippen molar-refractivity contribution in [3.8, 4) is 0 Å². The molecular formula is C20H19ClF3N3O. The van der Waals surface area contributed by atoms with Crippen LogP contribution in [0.5, 0.6) is 0 Å². The first-order valence-electron chi connectivity index (χ1n) is 8.83.